The largest absolute Gasteiger partial charge is 0.102 e. The standard InChI is InChI=1S/C14H19/c1-6-11(4)13-7-8-14(10(2)3)12(5)9-13/h6-11H,1,4H2,2-3,5H3. The third kappa shape index (κ3) is 2.25. The Hall–Kier alpha value is -1.04. The molecule has 1 rings (SSSR count). The molecule has 0 amide bonds. The Kier molecular flexibility index (Phi) is 3.51. The maximum Gasteiger partial charge on any atom is 0.00157 e. The molecule has 1 radical (unpaired) electrons. The monoisotopic (exact) mass is 187 g/mol. The van der Waals surface area contributed by atoms with E-state index >= 15 is 0 Å². The molecule has 1 aromatic rings. The lowest BCUT2D eigenvalue weighted by Gasteiger charge is -2.13. The average molecular weight is 187 g/mol. The van der Waals surface area contributed by atoms with Gasteiger partial charge in [-0.3, -0.25) is 0 Å². The molecule has 0 heteroatoms. The van der Waals surface area contributed by atoms with Crippen molar-refractivity contribution in [2.45, 2.75) is 32.6 Å². The first kappa shape index (κ1) is 11.0. The number of rotatable bonds is 3. The van der Waals surface area contributed by atoms with Gasteiger partial charge in [0.25, 0.3) is 0 Å². The van der Waals surface area contributed by atoms with Crippen LogP contribution in [0.25, 0.3) is 0 Å². The summed E-state index contributed by atoms with van der Waals surface area (Å²) in [6.45, 7) is 14.4. The van der Waals surface area contributed by atoms with Crippen LogP contribution in [0.1, 0.15) is 42.4 Å². The minimum Gasteiger partial charge on any atom is -0.102 e. The van der Waals surface area contributed by atoms with Crippen molar-refractivity contribution in [1.82, 2.24) is 0 Å². The van der Waals surface area contributed by atoms with Crippen molar-refractivity contribution >= 4 is 0 Å². The molecule has 0 aromatic heterocycles. The van der Waals surface area contributed by atoms with Crippen molar-refractivity contribution in [3.63, 3.8) is 0 Å². The number of aryl methyl sites for hydroxylation is 1. The van der Waals surface area contributed by atoms with E-state index in [1.54, 1.807) is 0 Å². The van der Waals surface area contributed by atoms with Crippen molar-refractivity contribution in [1.29, 1.82) is 0 Å². The Labute approximate surface area is 87.7 Å². The minimum atomic E-state index is 0.204. The summed E-state index contributed by atoms with van der Waals surface area (Å²) in [4.78, 5) is 0. The van der Waals surface area contributed by atoms with Crippen LogP contribution in [-0.2, 0) is 0 Å². The van der Waals surface area contributed by atoms with Gasteiger partial charge < -0.3 is 0 Å². The summed E-state index contributed by atoms with van der Waals surface area (Å²) in [6, 6.07) is 6.58. The van der Waals surface area contributed by atoms with E-state index in [1.165, 1.54) is 16.7 Å². The Morgan fingerprint density at radius 2 is 1.93 bits per heavy atom. The number of hydrogen-bond acceptors (Lipinski definition) is 0. The highest BCUT2D eigenvalue weighted by molar-refractivity contribution is 5.36. The van der Waals surface area contributed by atoms with Gasteiger partial charge >= 0.3 is 0 Å². The molecule has 75 valence electrons. The van der Waals surface area contributed by atoms with E-state index in [0.29, 0.717) is 5.92 Å². The molecule has 0 saturated heterocycles. The Morgan fingerprint density at radius 1 is 1.29 bits per heavy atom. The lowest BCUT2D eigenvalue weighted by Crippen LogP contribution is -1.95. The molecule has 0 aliphatic heterocycles. The van der Waals surface area contributed by atoms with E-state index in [2.05, 4.69) is 52.5 Å². The molecule has 0 bridgehead atoms. The second-order valence-electron chi connectivity index (χ2n) is 4.11. The fourth-order valence-corrected chi connectivity index (χ4v) is 1.71. The smallest absolute Gasteiger partial charge is 0.00157 e. The van der Waals surface area contributed by atoms with Crippen LogP contribution in [0.2, 0.25) is 0 Å². The summed E-state index contributed by atoms with van der Waals surface area (Å²) in [5.74, 6) is 0.797. The molecule has 1 unspecified atom stereocenters. The van der Waals surface area contributed by atoms with E-state index in [-0.39, 0.29) is 5.92 Å². The molecular weight excluding hydrogens is 168 g/mol. The SMILES string of the molecule is [CH2]C(C=C)c1ccc(C(C)C)c(C)c1. The van der Waals surface area contributed by atoms with Crippen molar-refractivity contribution in [3.8, 4) is 0 Å². The van der Waals surface area contributed by atoms with Gasteiger partial charge in [-0.2, -0.15) is 0 Å². The average Bonchev–Trinajstić information content (AvgIpc) is 2.15. The van der Waals surface area contributed by atoms with Gasteiger partial charge in [-0.15, -0.1) is 6.58 Å². The van der Waals surface area contributed by atoms with Gasteiger partial charge in [-0.05, 0) is 36.5 Å². The Morgan fingerprint density at radius 3 is 2.36 bits per heavy atom. The lowest BCUT2D eigenvalue weighted by atomic mass is 9.92. The van der Waals surface area contributed by atoms with E-state index in [4.69, 9.17) is 0 Å². The molecule has 0 fully saturated rings. The molecule has 0 N–H and O–H groups in total. The first-order valence-electron chi connectivity index (χ1n) is 5.12. The van der Waals surface area contributed by atoms with Crippen molar-refractivity contribution in [3.05, 3.63) is 54.5 Å². The maximum absolute atomic E-state index is 4.02. The van der Waals surface area contributed by atoms with Crippen molar-refractivity contribution in [2.75, 3.05) is 0 Å². The van der Waals surface area contributed by atoms with Crippen LogP contribution < -0.4 is 0 Å². The lowest BCUT2D eigenvalue weighted by molar-refractivity contribution is 0.853. The molecule has 0 saturated carbocycles. The second kappa shape index (κ2) is 4.45. The summed E-state index contributed by atoms with van der Waals surface area (Å²) < 4.78 is 0. The zero-order valence-corrected chi connectivity index (χ0v) is 9.38. The third-order valence-electron chi connectivity index (χ3n) is 2.63. The summed E-state index contributed by atoms with van der Waals surface area (Å²) in [5.41, 5.74) is 4.03. The Balaban J connectivity index is 3.06. The molecule has 1 aromatic carbocycles. The van der Waals surface area contributed by atoms with Gasteiger partial charge in [-0.25, -0.2) is 0 Å². The molecular formula is C14H19. The van der Waals surface area contributed by atoms with E-state index in [9.17, 15) is 0 Å². The van der Waals surface area contributed by atoms with Crippen LogP contribution in [-0.4, -0.2) is 0 Å². The minimum absolute atomic E-state index is 0.204. The van der Waals surface area contributed by atoms with Gasteiger partial charge in [-0.1, -0.05) is 38.1 Å². The Bertz CT molecular complexity index is 321. The topological polar surface area (TPSA) is 0 Å². The van der Waals surface area contributed by atoms with Gasteiger partial charge in [0, 0.05) is 5.92 Å². The van der Waals surface area contributed by atoms with Gasteiger partial charge in [0.1, 0.15) is 0 Å². The van der Waals surface area contributed by atoms with Gasteiger partial charge in [0.05, 0.1) is 0 Å². The maximum atomic E-state index is 4.02. The zero-order chi connectivity index (χ0) is 10.7. The van der Waals surface area contributed by atoms with Crippen molar-refractivity contribution in [2.24, 2.45) is 0 Å². The zero-order valence-electron chi connectivity index (χ0n) is 9.38. The molecule has 0 spiro atoms. The van der Waals surface area contributed by atoms with Crippen LogP contribution in [0, 0.1) is 13.8 Å². The highest BCUT2D eigenvalue weighted by Gasteiger charge is 2.06. The number of hydrogen-bond donors (Lipinski definition) is 0. The first-order valence-corrected chi connectivity index (χ1v) is 5.12. The van der Waals surface area contributed by atoms with Crippen molar-refractivity contribution < 1.29 is 0 Å². The second-order valence-corrected chi connectivity index (χ2v) is 4.11. The van der Waals surface area contributed by atoms with Crippen LogP contribution >= 0.6 is 0 Å². The van der Waals surface area contributed by atoms with Gasteiger partial charge in [0.2, 0.25) is 0 Å². The third-order valence-corrected chi connectivity index (χ3v) is 2.63. The molecule has 0 heterocycles. The fourth-order valence-electron chi connectivity index (χ4n) is 1.71. The quantitative estimate of drug-likeness (QED) is 0.621. The predicted octanol–water partition coefficient (Wildman–Crippen LogP) is 4.22. The summed E-state index contributed by atoms with van der Waals surface area (Å²) in [5, 5.41) is 0. The van der Waals surface area contributed by atoms with E-state index < -0.39 is 0 Å². The van der Waals surface area contributed by atoms with Crippen LogP contribution in [0.4, 0.5) is 0 Å². The molecule has 0 aliphatic carbocycles. The van der Waals surface area contributed by atoms with Gasteiger partial charge in [0.15, 0.2) is 0 Å². The molecule has 14 heavy (non-hydrogen) atoms. The van der Waals surface area contributed by atoms with E-state index in [1.807, 2.05) is 6.08 Å². The van der Waals surface area contributed by atoms with Crippen LogP contribution in [0.15, 0.2) is 30.9 Å². The highest BCUT2D eigenvalue weighted by Crippen LogP contribution is 2.23. The fraction of sp³-hybridized carbons (Fsp3) is 0.357. The predicted molar refractivity (Wildman–Crippen MR) is 63.6 cm³/mol. The molecule has 0 aliphatic rings. The first-order chi connectivity index (χ1) is 6.56. The van der Waals surface area contributed by atoms with Crippen LogP contribution in [0.3, 0.4) is 0 Å². The number of benzene rings is 1. The summed E-state index contributed by atoms with van der Waals surface area (Å²) in [6.07, 6.45) is 1.88. The van der Waals surface area contributed by atoms with E-state index in [0.717, 1.165) is 0 Å². The molecule has 0 nitrogen and oxygen atoms in total. The summed E-state index contributed by atoms with van der Waals surface area (Å²) in [7, 11) is 0. The normalized spacial score (nSPS) is 12.9. The number of allylic oxidation sites excluding steroid dienone is 1. The summed E-state index contributed by atoms with van der Waals surface area (Å²) >= 11 is 0. The highest BCUT2D eigenvalue weighted by atomic mass is 14.1. The molecule has 1 atom stereocenters. The van der Waals surface area contributed by atoms with Crippen LogP contribution in [0.5, 0.6) is 0 Å².